The van der Waals surface area contributed by atoms with Gasteiger partial charge < -0.3 is 9.84 Å². The predicted octanol–water partition coefficient (Wildman–Crippen LogP) is -0.347. The third-order valence-electron chi connectivity index (χ3n) is 1.67. The Bertz CT molecular complexity index is 137. The minimum atomic E-state index is -0.766. The summed E-state index contributed by atoms with van der Waals surface area (Å²) >= 11 is 0. The van der Waals surface area contributed by atoms with Crippen molar-refractivity contribution in [3.63, 3.8) is 0 Å². The number of carboxylic acids is 1. The molecule has 2 atom stereocenters. The first-order chi connectivity index (χ1) is 4.74. The average molecular weight is 145 g/mol. The van der Waals surface area contributed by atoms with Crippen molar-refractivity contribution in [2.24, 2.45) is 5.92 Å². The first-order valence-electron chi connectivity index (χ1n) is 3.25. The molecule has 0 bridgehead atoms. The molecular weight excluding hydrogens is 134 g/mol. The van der Waals surface area contributed by atoms with E-state index in [9.17, 15) is 4.79 Å². The number of carboxylic acid groups (broad SMARTS) is 1. The summed E-state index contributed by atoms with van der Waals surface area (Å²) in [4.78, 5) is 10.4. The molecule has 2 N–H and O–H groups in total. The molecule has 0 aromatic carbocycles. The monoisotopic (exact) mass is 145 g/mol. The molecule has 1 aliphatic rings. The second-order valence-corrected chi connectivity index (χ2v) is 2.38. The molecule has 4 nitrogen and oxygen atoms in total. The van der Waals surface area contributed by atoms with Gasteiger partial charge in [0.2, 0.25) is 0 Å². The molecule has 0 amide bonds. The number of ether oxygens (including phenoxy) is 1. The maximum absolute atomic E-state index is 10.4. The quantitative estimate of drug-likeness (QED) is 0.557. The summed E-state index contributed by atoms with van der Waals surface area (Å²) in [5, 5.41) is 11.4. The molecule has 1 saturated heterocycles. The van der Waals surface area contributed by atoms with E-state index in [1.54, 1.807) is 7.05 Å². The second-order valence-electron chi connectivity index (χ2n) is 2.38. The molecule has 1 rings (SSSR count). The first kappa shape index (κ1) is 7.50. The highest BCUT2D eigenvalue weighted by Crippen LogP contribution is 2.16. The number of rotatable bonds is 2. The molecule has 2 unspecified atom stereocenters. The highest BCUT2D eigenvalue weighted by molar-refractivity contribution is 5.70. The van der Waals surface area contributed by atoms with Crippen LogP contribution in [0.1, 0.15) is 6.42 Å². The van der Waals surface area contributed by atoms with Crippen molar-refractivity contribution in [2.45, 2.75) is 12.6 Å². The van der Waals surface area contributed by atoms with Crippen molar-refractivity contribution in [3.8, 4) is 0 Å². The fourth-order valence-corrected chi connectivity index (χ4v) is 1.00. The zero-order valence-corrected chi connectivity index (χ0v) is 5.83. The number of carbonyl (C=O) groups is 1. The summed E-state index contributed by atoms with van der Waals surface area (Å²) in [6, 6.07) is 0. The van der Waals surface area contributed by atoms with E-state index in [0.717, 1.165) is 0 Å². The van der Waals surface area contributed by atoms with Crippen molar-refractivity contribution < 1.29 is 14.6 Å². The number of nitrogens with one attached hydrogen (secondary N) is 1. The predicted molar refractivity (Wildman–Crippen MR) is 34.5 cm³/mol. The van der Waals surface area contributed by atoms with E-state index in [1.165, 1.54) is 0 Å². The minimum Gasteiger partial charge on any atom is -0.481 e. The molecule has 4 heteroatoms. The minimum absolute atomic E-state index is 0.0684. The van der Waals surface area contributed by atoms with Gasteiger partial charge in [0, 0.05) is 6.42 Å². The molecule has 0 radical (unpaired) electrons. The maximum Gasteiger partial charge on any atom is 0.308 e. The summed E-state index contributed by atoms with van der Waals surface area (Å²) < 4.78 is 5.08. The van der Waals surface area contributed by atoms with Gasteiger partial charge in [0.05, 0.1) is 12.5 Å². The van der Waals surface area contributed by atoms with E-state index in [2.05, 4.69) is 5.32 Å². The third kappa shape index (κ3) is 1.46. The van der Waals surface area contributed by atoms with Gasteiger partial charge in [-0.15, -0.1) is 0 Å². The number of hydrogen-bond acceptors (Lipinski definition) is 3. The molecule has 1 aliphatic heterocycles. The topological polar surface area (TPSA) is 58.6 Å². The lowest BCUT2D eigenvalue weighted by atomic mass is 10.1. The van der Waals surface area contributed by atoms with Gasteiger partial charge in [0.25, 0.3) is 0 Å². The Kier molecular flexibility index (Phi) is 2.24. The van der Waals surface area contributed by atoms with Crippen LogP contribution in [0.4, 0.5) is 0 Å². The summed E-state index contributed by atoms with van der Waals surface area (Å²) in [5.74, 6) is -1.09. The largest absolute Gasteiger partial charge is 0.481 e. The Labute approximate surface area is 59.2 Å². The third-order valence-corrected chi connectivity index (χ3v) is 1.67. The van der Waals surface area contributed by atoms with Crippen LogP contribution in [0.2, 0.25) is 0 Å². The molecular formula is C6H11NO3. The Morgan fingerprint density at radius 3 is 2.80 bits per heavy atom. The smallest absolute Gasteiger partial charge is 0.308 e. The van der Waals surface area contributed by atoms with Crippen molar-refractivity contribution >= 4 is 5.97 Å². The fourth-order valence-electron chi connectivity index (χ4n) is 1.00. The lowest BCUT2D eigenvalue weighted by molar-refractivity contribution is -0.141. The molecule has 10 heavy (non-hydrogen) atoms. The van der Waals surface area contributed by atoms with E-state index in [-0.39, 0.29) is 12.1 Å². The number of aliphatic carboxylic acids is 1. The first-order valence-corrected chi connectivity index (χ1v) is 3.25. The lowest BCUT2D eigenvalue weighted by Crippen LogP contribution is -2.23. The van der Waals surface area contributed by atoms with E-state index in [1.807, 2.05) is 0 Å². The van der Waals surface area contributed by atoms with E-state index < -0.39 is 5.97 Å². The van der Waals surface area contributed by atoms with Gasteiger partial charge in [-0.1, -0.05) is 0 Å². The summed E-state index contributed by atoms with van der Waals surface area (Å²) in [6.07, 6.45) is 0.507. The Morgan fingerprint density at radius 2 is 2.50 bits per heavy atom. The van der Waals surface area contributed by atoms with Gasteiger partial charge in [-0.25, -0.2) is 0 Å². The van der Waals surface area contributed by atoms with E-state index in [4.69, 9.17) is 9.84 Å². The molecule has 1 fully saturated rings. The molecule has 0 spiro atoms. The van der Waals surface area contributed by atoms with Gasteiger partial charge in [0.15, 0.2) is 0 Å². The van der Waals surface area contributed by atoms with E-state index in [0.29, 0.717) is 13.0 Å². The Balaban J connectivity index is 2.35. The number of hydrogen-bond donors (Lipinski definition) is 2. The molecule has 0 aromatic heterocycles. The van der Waals surface area contributed by atoms with Gasteiger partial charge in [-0.2, -0.15) is 0 Å². The second kappa shape index (κ2) is 2.98. The van der Waals surface area contributed by atoms with Crippen molar-refractivity contribution in [1.82, 2.24) is 5.32 Å². The normalized spacial score (nSPS) is 32.5. The molecule has 0 aliphatic carbocycles. The van der Waals surface area contributed by atoms with Crippen LogP contribution in [0.3, 0.4) is 0 Å². The fraction of sp³-hybridized carbons (Fsp3) is 0.833. The van der Waals surface area contributed by atoms with Crippen molar-refractivity contribution in [2.75, 3.05) is 13.7 Å². The van der Waals surface area contributed by atoms with Gasteiger partial charge >= 0.3 is 5.97 Å². The molecule has 0 saturated carbocycles. The zero-order chi connectivity index (χ0) is 7.56. The lowest BCUT2D eigenvalue weighted by Gasteiger charge is -2.04. The zero-order valence-electron chi connectivity index (χ0n) is 5.83. The summed E-state index contributed by atoms with van der Waals surface area (Å²) in [5.41, 5.74) is 0. The van der Waals surface area contributed by atoms with E-state index >= 15 is 0 Å². The molecule has 58 valence electrons. The molecule has 0 aromatic rings. The van der Waals surface area contributed by atoms with Crippen molar-refractivity contribution in [3.05, 3.63) is 0 Å². The van der Waals surface area contributed by atoms with Crippen LogP contribution in [0, 0.1) is 5.92 Å². The van der Waals surface area contributed by atoms with Crippen LogP contribution in [0.5, 0.6) is 0 Å². The Hall–Kier alpha value is -0.610. The van der Waals surface area contributed by atoms with Crippen molar-refractivity contribution in [1.29, 1.82) is 0 Å². The van der Waals surface area contributed by atoms with Crippen LogP contribution in [-0.2, 0) is 9.53 Å². The van der Waals surface area contributed by atoms with Crippen LogP contribution in [0.25, 0.3) is 0 Å². The average Bonchev–Trinajstić information content (AvgIpc) is 2.34. The van der Waals surface area contributed by atoms with Crippen LogP contribution < -0.4 is 5.32 Å². The standard InChI is InChI=1S/C6H11NO3/c1-7-5-2-4(3-10-5)6(8)9/h4-5,7H,2-3H2,1H3,(H,8,9). The molecule has 1 heterocycles. The van der Waals surface area contributed by atoms with Crippen LogP contribution in [0.15, 0.2) is 0 Å². The van der Waals surface area contributed by atoms with Crippen LogP contribution in [-0.4, -0.2) is 31.0 Å². The van der Waals surface area contributed by atoms with Gasteiger partial charge in [-0.05, 0) is 7.05 Å². The Morgan fingerprint density at radius 1 is 1.80 bits per heavy atom. The maximum atomic E-state index is 10.4. The van der Waals surface area contributed by atoms with Crippen LogP contribution >= 0.6 is 0 Å². The summed E-state index contributed by atoms with van der Waals surface area (Å²) in [7, 11) is 1.76. The highest BCUT2D eigenvalue weighted by atomic mass is 16.5. The highest BCUT2D eigenvalue weighted by Gasteiger charge is 2.29. The SMILES string of the molecule is CNC1CC(C(=O)O)CO1. The van der Waals surface area contributed by atoms with Gasteiger partial charge in [0.1, 0.15) is 6.23 Å². The summed E-state index contributed by atoms with van der Waals surface area (Å²) in [6.45, 7) is 0.334. The van der Waals surface area contributed by atoms with Gasteiger partial charge in [-0.3, -0.25) is 10.1 Å².